The molecule has 5 heteroatoms. The maximum atomic E-state index is 12.3. The van der Waals surface area contributed by atoms with Crippen molar-refractivity contribution in [2.75, 3.05) is 26.7 Å². The van der Waals surface area contributed by atoms with Gasteiger partial charge in [0.25, 0.3) is 5.91 Å². The maximum absolute atomic E-state index is 12.3. The predicted octanol–water partition coefficient (Wildman–Crippen LogP) is 1.19. The zero-order chi connectivity index (χ0) is 11.7. The minimum absolute atomic E-state index is 0.384. The molecule has 2 saturated heterocycles. The summed E-state index contributed by atoms with van der Waals surface area (Å²) >= 11 is 0. The zero-order valence-corrected chi connectivity index (χ0v) is 9.53. The fourth-order valence-corrected chi connectivity index (χ4v) is 2.99. The van der Waals surface area contributed by atoms with Crippen LogP contribution in [-0.2, 0) is 4.79 Å². The molecule has 16 heavy (non-hydrogen) atoms. The minimum atomic E-state index is -2.85. The van der Waals surface area contributed by atoms with Gasteiger partial charge in [0.2, 0.25) is 0 Å². The molecular weight excluding hydrogens is 214 g/mol. The standard InChI is InChI=1S/C11H18F2N2O/c1-14-5-2-3-8-7-15(6-4-9(8)14)11(16)10(12)13/h8-10H,2-7H2,1H3. The van der Waals surface area contributed by atoms with Crippen LogP contribution in [0.1, 0.15) is 19.3 Å². The number of rotatable bonds is 1. The number of amides is 1. The number of hydrogen-bond donors (Lipinski definition) is 0. The molecule has 0 spiro atoms. The van der Waals surface area contributed by atoms with Crippen LogP contribution in [0.25, 0.3) is 0 Å². The molecule has 2 fully saturated rings. The number of piperidine rings is 2. The van der Waals surface area contributed by atoms with Crippen molar-refractivity contribution in [2.24, 2.45) is 5.92 Å². The normalized spacial score (nSPS) is 31.6. The van der Waals surface area contributed by atoms with E-state index in [1.165, 1.54) is 4.90 Å². The van der Waals surface area contributed by atoms with E-state index in [-0.39, 0.29) is 0 Å². The van der Waals surface area contributed by atoms with Gasteiger partial charge in [-0.15, -0.1) is 0 Å². The van der Waals surface area contributed by atoms with Gasteiger partial charge < -0.3 is 9.80 Å². The monoisotopic (exact) mass is 232 g/mol. The Morgan fingerprint density at radius 2 is 2.06 bits per heavy atom. The molecule has 3 nitrogen and oxygen atoms in total. The van der Waals surface area contributed by atoms with Crippen molar-refractivity contribution in [1.29, 1.82) is 0 Å². The van der Waals surface area contributed by atoms with E-state index in [2.05, 4.69) is 11.9 Å². The molecule has 0 N–H and O–H groups in total. The van der Waals surface area contributed by atoms with E-state index in [1.54, 1.807) is 0 Å². The first-order valence-corrected chi connectivity index (χ1v) is 5.87. The molecule has 0 radical (unpaired) electrons. The Morgan fingerprint density at radius 1 is 1.31 bits per heavy atom. The van der Waals surface area contributed by atoms with Gasteiger partial charge >= 0.3 is 6.43 Å². The lowest BCUT2D eigenvalue weighted by Crippen LogP contribution is -2.54. The summed E-state index contributed by atoms with van der Waals surface area (Å²) in [5.74, 6) is -0.609. The van der Waals surface area contributed by atoms with Crippen LogP contribution in [0.5, 0.6) is 0 Å². The Labute approximate surface area is 94.4 Å². The van der Waals surface area contributed by atoms with Gasteiger partial charge in [-0.05, 0) is 38.8 Å². The van der Waals surface area contributed by atoms with Crippen LogP contribution < -0.4 is 0 Å². The third-order valence-electron chi connectivity index (χ3n) is 3.84. The first kappa shape index (κ1) is 11.8. The minimum Gasteiger partial charge on any atom is -0.337 e. The van der Waals surface area contributed by atoms with Crippen LogP contribution in [-0.4, -0.2) is 54.9 Å². The summed E-state index contributed by atoms with van der Waals surface area (Å²) < 4.78 is 24.6. The maximum Gasteiger partial charge on any atom is 0.315 e. The first-order chi connectivity index (χ1) is 7.59. The van der Waals surface area contributed by atoms with Gasteiger partial charge in [0.05, 0.1) is 0 Å². The molecule has 0 bridgehead atoms. The van der Waals surface area contributed by atoms with Crippen LogP contribution in [0.4, 0.5) is 8.78 Å². The fourth-order valence-electron chi connectivity index (χ4n) is 2.99. The molecule has 2 unspecified atom stereocenters. The molecule has 2 aliphatic rings. The highest BCUT2D eigenvalue weighted by Crippen LogP contribution is 2.29. The number of carbonyl (C=O) groups excluding carboxylic acids is 1. The summed E-state index contributed by atoms with van der Waals surface area (Å²) in [5.41, 5.74) is 0. The third kappa shape index (κ3) is 2.19. The Morgan fingerprint density at radius 3 is 2.75 bits per heavy atom. The van der Waals surface area contributed by atoms with Crippen LogP contribution in [0.15, 0.2) is 0 Å². The molecule has 0 aromatic heterocycles. The van der Waals surface area contributed by atoms with Crippen molar-refractivity contribution >= 4 is 5.91 Å². The largest absolute Gasteiger partial charge is 0.337 e. The molecule has 0 saturated carbocycles. The number of likely N-dealkylation sites (tertiary alicyclic amines) is 2. The smallest absolute Gasteiger partial charge is 0.315 e. The summed E-state index contributed by atoms with van der Waals surface area (Å²) in [5, 5.41) is 0. The summed E-state index contributed by atoms with van der Waals surface area (Å²) in [6.45, 7) is 2.08. The second kappa shape index (κ2) is 4.65. The number of fused-ring (bicyclic) bond motifs is 1. The summed E-state index contributed by atoms with van der Waals surface area (Å²) in [6, 6.07) is 0.482. The Hall–Kier alpha value is -0.710. The van der Waals surface area contributed by atoms with Gasteiger partial charge in [-0.2, -0.15) is 8.78 Å². The van der Waals surface area contributed by atoms with Crippen molar-refractivity contribution < 1.29 is 13.6 Å². The molecule has 0 aromatic carbocycles. The van der Waals surface area contributed by atoms with E-state index in [0.717, 1.165) is 25.8 Å². The first-order valence-electron chi connectivity index (χ1n) is 5.87. The van der Waals surface area contributed by atoms with Crippen molar-refractivity contribution in [3.05, 3.63) is 0 Å². The topological polar surface area (TPSA) is 23.6 Å². The van der Waals surface area contributed by atoms with E-state index in [1.807, 2.05) is 0 Å². The second-order valence-corrected chi connectivity index (χ2v) is 4.82. The number of hydrogen-bond acceptors (Lipinski definition) is 2. The molecule has 1 amide bonds. The summed E-state index contributed by atoms with van der Waals surface area (Å²) in [6.07, 6.45) is 0.147. The number of nitrogens with zero attached hydrogens (tertiary/aromatic N) is 2. The Bertz CT molecular complexity index is 273. The van der Waals surface area contributed by atoms with Crippen molar-refractivity contribution in [2.45, 2.75) is 31.7 Å². The molecular formula is C11H18F2N2O. The van der Waals surface area contributed by atoms with Crippen molar-refractivity contribution in [3.8, 4) is 0 Å². The van der Waals surface area contributed by atoms with E-state index < -0.39 is 12.3 Å². The van der Waals surface area contributed by atoms with Crippen LogP contribution in [0.3, 0.4) is 0 Å². The number of carbonyl (C=O) groups is 1. The lowest BCUT2D eigenvalue weighted by molar-refractivity contribution is -0.146. The summed E-state index contributed by atoms with van der Waals surface area (Å²) in [4.78, 5) is 14.9. The van der Waals surface area contributed by atoms with E-state index >= 15 is 0 Å². The molecule has 0 aliphatic carbocycles. The predicted molar refractivity (Wildman–Crippen MR) is 56.3 cm³/mol. The molecule has 2 atom stereocenters. The number of halogens is 2. The van der Waals surface area contributed by atoms with E-state index in [4.69, 9.17) is 0 Å². The second-order valence-electron chi connectivity index (χ2n) is 4.82. The quantitative estimate of drug-likeness (QED) is 0.678. The Kier molecular flexibility index (Phi) is 3.42. The highest BCUT2D eigenvalue weighted by molar-refractivity contribution is 5.79. The molecule has 0 aromatic rings. The van der Waals surface area contributed by atoms with Gasteiger partial charge in [0.15, 0.2) is 0 Å². The van der Waals surface area contributed by atoms with Crippen LogP contribution in [0, 0.1) is 5.92 Å². The van der Waals surface area contributed by atoms with E-state index in [9.17, 15) is 13.6 Å². The van der Waals surface area contributed by atoms with Crippen LogP contribution in [0.2, 0.25) is 0 Å². The highest BCUT2D eigenvalue weighted by atomic mass is 19.3. The average Bonchev–Trinajstić information content (AvgIpc) is 2.28. The molecule has 2 rings (SSSR count). The molecule has 2 aliphatic heterocycles. The van der Waals surface area contributed by atoms with Gasteiger partial charge in [0.1, 0.15) is 0 Å². The lowest BCUT2D eigenvalue weighted by Gasteiger charge is -2.45. The van der Waals surface area contributed by atoms with Gasteiger partial charge in [-0.1, -0.05) is 0 Å². The van der Waals surface area contributed by atoms with Gasteiger partial charge in [0, 0.05) is 19.1 Å². The number of alkyl halides is 2. The van der Waals surface area contributed by atoms with Crippen molar-refractivity contribution in [3.63, 3.8) is 0 Å². The van der Waals surface area contributed by atoms with Gasteiger partial charge in [-0.25, -0.2) is 0 Å². The van der Waals surface area contributed by atoms with Gasteiger partial charge in [-0.3, -0.25) is 4.79 Å². The average molecular weight is 232 g/mol. The van der Waals surface area contributed by atoms with E-state index in [0.29, 0.717) is 25.0 Å². The van der Waals surface area contributed by atoms with Crippen molar-refractivity contribution in [1.82, 2.24) is 9.80 Å². The summed E-state index contributed by atoms with van der Waals surface area (Å²) in [7, 11) is 2.08. The SMILES string of the molecule is CN1CCCC2CN(C(=O)C(F)F)CCC21. The van der Waals surface area contributed by atoms with Crippen LogP contribution >= 0.6 is 0 Å². The zero-order valence-electron chi connectivity index (χ0n) is 9.53. The molecule has 2 heterocycles. The Balaban J connectivity index is 1.97. The lowest BCUT2D eigenvalue weighted by atomic mass is 9.84. The third-order valence-corrected chi connectivity index (χ3v) is 3.84. The fraction of sp³-hybridized carbons (Fsp3) is 0.909. The highest BCUT2D eigenvalue weighted by Gasteiger charge is 2.37. The molecule has 92 valence electrons.